The monoisotopic (exact) mass is 300 g/mol. The zero-order chi connectivity index (χ0) is 15.5. The van der Waals surface area contributed by atoms with Gasteiger partial charge in [-0.2, -0.15) is 5.10 Å². The Bertz CT molecular complexity index is 704. The van der Waals surface area contributed by atoms with E-state index in [2.05, 4.69) is 20.4 Å². The van der Waals surface area contributed by atoms with Gasteiger partial charge in [0.1, 0.15) is 5.69 Å². The summed E-state index contributed by atoms with van der Waals surface area (Å²) in [5, 5.41) is 17.5. The first-order valence-corrected chi connectivity index (χ1v) is 7.08. The molecule has 1 saturated heterocycles. The summed E-state index contributed by atoms with van der Waals surface area (Å²) in [4.78, 5) is 25.2. The van der Waals surface area contributed by atoms with Crippen LogP contribution in [-0.2, 0) is 0 Å². The predicted octanol–water partition coefficient (Wildman–Crippen LogP) is 1.96. The largest absolute Gasteiger partial charge is 0.477 e. The molecule has 22 heavy (non-hydrogen) atoms. The van der Waals surface area contributed by atoms with E-state index in [0.29, 0.717) is 5.56 Å². The molecule has 114 valence electrons. The Hall–Kier alpha value is -2.83. The summed E-state index contributed by atoms with van der Waals surface area (Å²) >= 11 is 0. The van der Waals surface area contributed by atoms with Gasteiger partial charge in [0, 0.05) is 30.4 Å². The van der Waals surface area contributed by atoms with E-state index in [-0.39, 0.29) is 17.4 Å². The molecule has 2 aromatic rings. The smallest absolute Gasteiger partial charge is 0.353 e. The topological polar surface area (TPSA) is 98.3 Å². The number of anilines is 2. The minimum atomic E-state index is -1.12. The van der Waals surface area contributed by atoms with Crippen LogP contribution in [0.2, 0.25) is 0 Å². The molecule has 0 bridgehead atoms. The van der Waals surface area contributed by atoms with Gasteiger partial charge >= 0.3 is 5.97 Å². The first-order chi connectivity index (χ1) is 10.6. The number of nitrogens with one attached hydrogen (secondary N) is 2. The van der Waals surface area contributed by atoms with Crippen molar-refractivity contribution < 1.29 is 14.7 Å². The van der Waals surface area contributed by atoms with E-state index in [1.807, 2.05) is 18.2 Å². The number of amides is 1. The van der Waals surface area contributed by atoms with Crippen molar-refractivity contribution in [2.45, 2.75) is 12.8 Å². The maximum atomic E-state index is 12.2. The van der Waals surface area contributed by atoms with E-state index in [1.54, 1.807) is 6.07 Å². The fourth-order valence-electron chi connectivity index (χ4n) is 2.50. The number of carboxylic acids is 1. The molecule has 1 aromatic carbocycles. The van der Waals surface area contributed by atoms with Crippen LogP contribution in [0.15, 0.2) is 30.3 Å². The first-order valence-electron chi connectivity index (χ1n) is 7.08. The second-order valence-corrected chi connectivity index (χ2v) is 5.17. The standard InChI is InChI=1S/C15H16N4O3/c20-14(16-13-9-12(15(21)22)17-18-13)10-4-3-5-11(8-10)19-6-1-2-7-19/h3-5,8-9H,1-2,6-7H2,(H,21,22)(H2,16,17,18,20). The molecule has 0 saturated carbocycles. The zero-order valence-electron chi connectivity index (χ0n) is 11.9. The fourth-order valence-corrected chi connectivity index (χ4v) is 2.50. The Morgan fingerprint density at radius 3 is 2.68 bits per heavy atom. The molecular formula is C15H16N4O3. The molecule has 7 nitrogen and oxygen atoms in total. The minimum absolute atomic E-state index is 0.0684. The lowest BCUT2D eigenvalue weighted by atomic mass is 10.1. The van der Waals surface area contributed by atoms with Gasteiger partial charge in [-0.05, 0) is 31.0 Å². The SMILES string of the molecule is O=C(Nc1cc(C(=O)O)[nH]n1)c1cccc(N2CCCC2)c1. The first kappa shape index (κ1) is 14.1. The lowest BCUT2D eigenvalue weighted by Gasteiger charge is -2.18. The van der Waals surface area contributed by atoms with Crippen LogP contribution in [0.3, 0.4) is 0 Å². The maximum absolute atomic E-state index is 12.2. The molecule has 7 heteroatoms. The lowest BCUT2D eigenvalue weighted by Crippen LogP contribution is -2.19. The number of H-pyrrole nitrogens is 1. The summed E-state index contributed by atoms with van der Waals surface area (Å²) in [6.45, 7) is 2.01. The van der Waals surface area contributed by atoms with Crippen LogP contribution in [-0.4, -0.2) is 40.3 Å². The highest BCUT2D eigenvalue weighted by atomic mass is 16.4. The van der Waals surface area contributed by atoms with E-state index in [0.717, 1.165) is 18.8 Å². The Morgan fingerprint density at radius 2 is 2.00 bits per heavy atom. The molecule has 3 N–H and O–H groups in total. The number of rotatable bonds is 4. The Morgan fingerprint density at radius 1 is 1.23 bits per heavy atom. The predicted molar refractivity (Wildman–Crippen MR) is 81.4 cm³/mol. The van der Waals surface area contributed by atoms with Crippen molar-refractivity contribution in [1.82, 2.24) is 10.2 Å². The number of carbonyl (C=O) groups excluding carboxylic acids is 1. The fraction of sp³-hybridized carbons (Fsp3) is 0.267. The van der Waals surface area contributed by atoms with Gasteiger partial charge in [0.2, 0.25) is 0 Å². The molecule has 1 aromatic heterocycles. The molecule has 2 heterocycles. The van der Waals surface area contributed by atoms with Crippen molar-refractivity contribution >= 4 is 23.4 Å². The number of benzene rings is 1. The normalized spacial score (nSPS) is 14.1. The van der Waals surface area contributed by atoms with Gasteiger partial charge in [0.15, 0.2) is 5.82 Å². The van der Waals surface area contributed by atoms with E-state index < -0.39 is 5.97 Å². The maximum Gasteiger partial charge on any atom is 0.353 e. The van der Waals surface area contributed by atoms with E-state index in [9.17, 15) is 9.59 Å². The van der Waals surface area contributed by atoms with Crippen molar-refractivity contribution in [2.75, 3.05) is 23.3 Å². The van der Waals surface area contributed by atoms with Crippen LogP contribution >= 0.6 is 0 Å². The molecule has 1 amide bonds. The quantitative estimate of drug-likeness (QED) is 0.801. The zero-order valence-corrected chi connectivity index (χ0v) is 11.9. The van der Waals surface area contributed by atoms with Crippen LogP contribution in [0, 0.1) is 0 Å². The van der Waals surface area contributed by atoms with Crippen LogP contribution in [0.1, 0.15) is 33.7 Å². The van der Waals surface area contributed by atoms with Crippen molar-refractivity contribution in [1.29, 1.82) is 0 Å². The third-order valence-electron chi connectivity index (χ3n) is 3.63. The van der Waals surface area contributed by atoms with Crippen molar-refractivity contribution in [3.05, 3.63) is 41.6 Å². The number of hydrogen-bond donors (Lipinski definition) is 3. The lowest BCUT2D eigenvalue weighted by molar-refractivity contribution is 0.0690. The minimum Gasteiger partial charge on any atom is -0.477 e. The number of carboxylic acid groups (broad SMARTS) is 1. The summed E-state index contributed by atoms with van der Waals surface area (Å²) in [5.41, 5.74) is 1.48. The Labute approximate surface area is 126 Å². The van der Waals surface area contributed by atoms with Crippen molar-refractivity contribution in [3.8, 4) is 0 Å². The summed E-state index contributed by atoms with van der Waals surface area (Å²) in [5.74, 6) is -1.25. The summed E-state index contributed by atoms with van der Waals surface area (Å²) in [6, 6.07) is 8.67. The number of aromatic amines is 1. The van der Waals surface area contributed by atoms with Gasteiger partial charge in [0.25, 0.3) is 5.91 Å². The van der Waals surface area contributed by atoms with Crippen molar-refractivity contribution in [3.63, 3.8) is 0 Å². The Kier molecular flexibility index (Phi) is 3.78. The van der Waals surface area contributed by atoms with Gasteiger partial charge < -0.3 is 15.3 Å². The summed E-state index contributed by atoms with van der Waals surface area (Å²) < 4.78 is 0. The van der Waals surface area contributed by atoms with Gasteiger partial charge in [-0.25, -0.2) is 4.79 Å². The van der Waals surface area contributed by atoms with Crippen LogP contribution in [0.5, 0.6) is 0 Å². The molecular weight excluding hydrogens is 284 g/mol. The highest BCUT2D eigenvalue weighted by Gasteiger charge is 2.15. The van der Waals surface area contributed by atoms with Crippen LogP contribution < -0.4 is 10.2 Å². The number of aromatic carboxylic acids is 1. The number of aromatic nitrogens is 2. The second-order valence-electron chi connectivity index (χ2n) is 5.17. The van der Waals surface area contributed by atoms with Crippen LogP contribution in [0.4, 0.5) is 11.5 Å². The molecule has 1 fully saturated rings. The highest BCUT2D eigenvalue weighted by Crippen LogP contribution is 2.21. The number of carbonyl (C=O) groups is 2. The highest BCUT2D eigenvalue weighted by molar-refractivity contribution is 6.04. The number of nitrogens with zero attached hydrogens (tertiary/aromatic N) is 2. The van der Waals surface area contributed by atoms with Gasteiger partial charge in [-0.3, -0.25) is 9.89 Å². The van der Waals surface area contributed by atoms with Crippen LogP contribution in [0.25, 0.3) is 0 Å². The summed E-state index contributed by atoms with van der Waals surface area (Å²) in [7, 11) is 0. The number of hydrogen-bond acceptors (Lipinski definition) is 4. The van der Waals surface area contributed by atoms with Gasteiger partial charge in [0.05, 0.1) is 0 Å². The third-order valence-corrected chi connectivity index (χ3v) is 3.63. The van der Waals surface area contributed by atoms with E-state index >= 15 is 0 Å². The third kappa shape index (κ3) is 2.93. The molecule has 0 radical (unpaired) electrons. The molecule has 0 atom stereocenters. The molecule has 0 aliphatic carbocycles. The molecule has 3 rings (SSSR count). The summed E-state index contributed by atoms with van der Waals surface area (Å²) in [6.07, 6.45) is 2.34. The van der Waals surface area contributed by atoms with Gasteiger partial charge in [-0.1, -0.05) is 6.07 Å². The average molecular weight is 300 g/mol. The van der Waals surface area contributed by atoms with E-state index in [1.165, 1.54) is 18.9 Å². The van der Waals surface area contributed by atoms with E-state index in [4.69, 9.17) is 5.11 Å². The Balaban J connectivity index is 1.73. The molecule has 0 spiro atoms. The molecule has 1 aliphatic rings. The molecule has 0 unspecified atom stereocenters. The van der Waals surface area contributed by atoms with Gasteiger partial charge in [-0.15, -0.1) is 0 Å². The second kappa shape index (κ2) is 5.88. The molecule has 1 aliphatic heterocycles. The average Bonchev–Trinajstić information content (AvgIpc) is 3.19. The van der Waals surface area contributed by atoms with Crippen molar-refractivity contribution in [2.24, 2.45) is 0 Å².